The van der Waals surface area contributed by atoms with Gasteiger partial charge in [0.25, 0.3) is 0 Å². The lowest BCUT2D eigenvalue weighted by Gasteiger charge is -2.39. The molecule has 34 heavy (non-hydrogen) atoms. The number of carbonyl (C=O) groups is 2. The number of benzene rings is 3. The van der Waals surface area contributed by atoms with Gasteiger partial charge in [0.05, 0.1) is 13.0 Å². The van der Waals surface area contributed by atoms with Gasteiger partial charge in [0.15, 0.2) is 0 Å². The van der Waals surface area contributed by atoms with Crippen LogP contribution in [0.4, 0.5) is 11.4 Å². The normalized spacial score (nSPS) is 15.9. The van der Waals surface area contributed by atoms with E-state index in [2.05, 4.69) is 15.1 Å². The predicted octanol–water partition coefficient (Wildman–Crippen LogP) is 4.47. The van der Waals surface area contributed by atoms with E-state index in [0.29, 0.717) is 0 Å². The van der Waals surface area contributed by atoms with Crippen molar-refractivity contribution in [3.8, 4) is 0 Å². The maximum absolute atomic E-state index is 12.6. The molecule has 3 aromatic carbocycles. The van der Waals surface area contributed by atoms with Crippen LogP contribution < -0.4 is 10.2 Å². The van der Waals surface area contributed by atoms with Crippen molar-refractivity contribution in [2.24, 2.45) is 0 Å². The molecular formula is C28H31N3O3. The fourth-order valence-corrected chi connectivity index (χ4v) is 4.38. The molecule has 1 aliphatic rings. The van der Waals surface area contributed by atoms with E-state index in [1.54, 1.807) is 0 Å². The first-order valence-corrected chi connectivity index (χ1v) is 11.6. The van der Waals surface area contributed by atoms with Gasteiger partial charge in [0.2, 0.25) is 5.91 Å². The Bertz CT molecular complexity index is 1080. The second-order valence-electron chi connectivity index (χ2n) is 8.53. The molecule has 0 radical (unpaired) electrons. The highest BCUT2D eigenvalue weighted by atomic mass is 16.5. The zero-order valence-electron chi connectivity index (χ0n) is 19.7. The molecule has 1 aliphatic heterocycles. The zero-order valence-corrected chi connectivity index (χ0v) is 19.7. The minimum atomic E-state index is -0.391. The lowest BCUT2D eigenvalue weighted by atomic mass is 10.0. The van der Waals surface area contributed by atoms with Gasteiger partial charge in [-0.15, -0.1) is 0 Å². The van der Waals surface area contributed by atoms with Crippen molar-refractivity contribution in [3.63, 3.8) is 0 Å². The molecule has 0 aliphatic carbocycles. The van der Waals surface area contributed by atoms with Gasteiger partial charge in [-0.3, -0.25) is 9.69 Å². The molecule has 6 heteroatoms. The highest BCUT2D eigenvalue weighted by Gasteiger charge is 2.31. The van der Waals surface area contributed by atoms with Crippen LogP contribution in [0.25, 0.3) is 0 Å². The van der Waals surface area contributed by atoms with Crippen molar-refractivity contribution in [2.45, 2.75) is 18.9 Å². The molecule has 1 saturated heterocycles. The van der Waals surface area contributed by atoms with Gasteiger partial charge in [0, 0.05) is 37.6 Å². The summed E-state index contributed by atoms with van der Waals surface area (Å²) in [5.74, 6) is -0.479. The number of rotatable bonds is 7. The van der Waals surface area contributed by atoms with Gasteiger partial charge in [-0.2, -0.15) is 0 Å². The molecule has 2 atom stereocenters. The number of hydrogen-bond acceptors (Lipinski definition) is 5. The second-order valence-corrected chi connectivity index (χ2v) is 8.53. The second kappa shape index (κ2) is 11.0. The van der Waals surface area contributed by atoms with Crippen molar-refractivity contribution in [2.75, 3.05) is 43.5 Å². The summed E-state index contributed by atoms with van der Waals surface area (Å²) in [6, 6.07) is 27.1. The van der Waals surface area contributed by atoms with Crippen LogP contribution >= 0.6 is 0 Å². The number of hydrogen-bond donors (Lipinski definition) is 1. The number of nitrogens with zero attached hydrogens (tertiary/aromatic N) is 2. The summed E-state index contributed by atoms with van der Waals surface area (Å²) in [7, 11) is 1.44. The van der Waals surface area contributed by atoms with Crippen molar-refractivity contribution in [1.82, 2.24) is 4.90 Å². The van der Waals surface area contributed by atoms with E-state index in [-0.39, 0.29) is 17.8 Å². The Labute approximate surface area is 201 Å². The van der Waals surface area contributed by atoms with Crippen LogP contribution in [-0.2, 0) is 14.3 Å². The van der Waals surface area contributed by atoms with E-state index in [1.165, 1.54) is 7.11 Å². The SMILES string of the molecule is COC(=O)C(c1ccccc1)N1CCN(c2ccc(NC(=O)C(C)c3ccccc3)cc2)CC1. The quantitative estimate of drug-likeness (QED) is 0.531. The summed E-state index contributed by atoms with van der Waals surface area (Å²) in [4.78, 5) is 29.6. The van der Waals surface area contributed by atoms with Crippen molar-refractivity contribution < 1.29 is 14.3 Å². The maximum Gasteiger partial charge on any atom is 0.327 e. The number of carbonyl (C=O) groups excluding carboxylic acids is 2. The molecule has 1 amide bonds. The molecule has 0 bridgehead atoms. The van der Waals surface area contributed by atoms with Crippen molar-refractivity contribution in [3.05, 3.63) is 96.1 Å². The number of amides is 1. The highest BCUT2D eigenvalue weighted by molar-refractivity contribution is 5.95. The summed E-state index contributed by atoms with van der Waals surface area (Å²) in [5, 5.41) is 3.01. The molecule has 0 saturated carbocycles. The Morgan fingerprint density at radius 2 is 1.35 bits per heavy atom. The Hall–Kier alpha value is -3.64. The molecule has 1 fully saturated rings. The number of ether oxygens (including phenoxy) is 1. The molecule has 6 nitrogen and oxygen atoms in total. The first kappa shape index (κ1) is 23.5. The van der Waals surface area contributed by atoms with Crippen LogP contribution in [0.3, 0.4) is 0 Å². The largest absolute Gasteiger partial charge is 0.468 e. The third-order valence-corrected chi connectivity index (χ3v) is 6.41. The standard InChI is InChI=1S/C28H31N3O3/c1-21(22-9-5-3-6-10-22)27(32)29-24-13-15-25(16-14-24)30-17-19-31(20-18-30)26(28(33)34-2)23-11-7-4-8-12-23/h3-16,21,26H,17-20H2,1-2H3,(H,29,32). The molecule has 176 valence electrons. The molecule has 0 aromatic heterocycles. The van der Waals surface area contributed by atoms with Gasteiger partial charge in [0.1, 0.15) is 6.04 Å². The number of piperazine rings is 1. The summed E-state index contributed by atoms with van der Waals surface area (Å²) in [6.07, 6.45) is 0. The molecule has 4 rings (SSSR count). The van der Waals surface area contributed by atoms with Crippen molar-refractivity contribution in [1.29, 1.82) is 0 Å². The van der Waals surface area contributed by atoms with Crippen molar-refractivity contribution >= 4 is 23.3 Å². The van der Waals surface area contributed by atoms with E-state index < -0.39 is 6.04 Å². The summed E-state index contributed by atoms with van der Waals surface area (Å²) in [5.41, 5.74) is 3.83. The van der Waals surface area contributed by atoms with E-state index in [0.717, 1.165) is 48.7 Å². The van der Waals surface area contributed by atoms with E-state index in [4.69, 9.17) is 4.74 Å². The van der Waals surface area contributed by atoms with Crippen LogP contribution in [0.1, 0.15) is 30.0 Å². The number of anilines is 2. The average molecular weight is 458 g/mol. The van der Waals surface area contributed by atoms with Crippen LogP contribution in [0.2, 0.25) is 0 Å². The Balaban J connectivity index is 1.35. The van der Waals surface area contributed by atoms with Crippen LogP contribution in [0.5, 0.6) is 0 Å². The van der Waals surface area contributed by atoms with Gasteiger partial charge in [-0.1, -0.05) is 60.7 Å². The number of esters is 1. The van der Waals surface area contributed by atoms with Gasteiger partial charge < -0.3 is 15.0 Å². The molecule has 3 aromatic rings. The minimum Gasteiger partial charge on any atom is -0.468 e. The molecule has 1 N–H and O–H groups in total. The monoisotopic (exact) mass is 457 g/mol. The Kier molecular flexibility index (Phi) is 7.60. The predicted molar refractivity (Wildman–Crippen MR) is 135 cm³/mol. The molecule has 1 heterocycles. The van der Waals surface area contributed by atoms with Crippen LogP contribution in [0, 0.1) is 0 Å². The first-order chi connectivity index (χ1) is 16.6. The van der Waals surface area contributed by atoms with E-state index in [9.17, 15) is 9.59 Å². The average Bonchev–Trinajstić information content (AvgIpc) is 2.90. The first-order valence-electron chi connectivity index (χ1n) is 11.6. The summed E-state index contributed by atoms with van der Waals surface area (Å²) in [6.45, 7) is 5.02. The molecule has 2 unspecified atom stereocenters. The highest BCUT2D eigenvalue weighted by Crippen LogP contribution is 2.26. The minimum absolute atomic E-state index is 0.0256. The fourth-order valence-electron chi connectivity index (χ4n) is 4.38. The zero-order chi connectivity index (χ0) is 23.9. The number of nitrogens with one attached hydrogen (secondary N) is 1. The summed E-state index contributed by atoms with van der Waals surface area (Å²) >= 11 is 0. The van der Waals surface area contributed by atoms with Gasteiger partial charge in [-0.25, -0.2) is 4.79 Å². The summed E-state index contributed by atoms with van der Waals surface area (Å²) < 4.78 is 5.09. The maximum atomic E-state index is 12.6. The van der Waals surface area contributed by atoms with E-state index in [1.807, 2.05) is 91.9 Å². The van der Waals surface area contributed by atoms with Crippen LogP contribution in [-0.4, -0.2) is 50.1 Å². The Morgan fingerprint density at radius 3 is 1.91 bits per heavy atom. The van der Waals surface area contributed by atoms with Crippen LogP contribution in [0.15, 0.2) is 84.9 Å². The lowest BCUT2D eigenvalue weighted by Crippen LogP contribution is -2.49. The topological polar surface area (TPSA) is 61.9 Å². The number of methoxy groups -OCH3 is 1. The van der Waals surface area contributed by atoms with E-state index >= 15 is 0 Å². The smallest absolute Gasteiger partial charge is 0.327 e. The molecular weight excluding hydrogens is 426 g/mol. The third-order valence-electron chi connectivity index (χ3n) is 6.41. The Morgan fingerprint density at radius 1 is 0.794 bits per heavy atom. The van der Waals surface area contributed by atoms with Gasteiger partial charge >= 0.3 is 5.97 Å². The molecule has 0 spiro atoms. The fraction of sp³-hybridized carbons (Fsp3) is 0.286. The third kappa shape index (κ3) is 5.46. The van der Waals surface area contributed by atoms with Gasteiger partial charge in [-0.05, 0) is 42.3 Å². The lowest BCUT2D eigenvalue weighted by molar-refractivity contribution is -0.147.